The maximum atomic E-state index is 12.3. The van der Waals surface area contributed by atoms with Crippen LogP contribution in [0.15, 0.2) is 22.9 Å². The topological polar surface area (TPSA) is 42.4 Å². The van der Waals surface area contributed by atoms with Gasteiger partial charge in [0.15, 0.2) is 0 Å². The average molecular weight is 297 g/mol. The molecular formula is C12H13BrN2O2. The molecule has 2 atom stereocenters. The molecule has 2 aliphatic rings. The maximum Gasteiger partial charge on any atom is 0.255 e. The fourth-order valence-corrected chi connectivity index (χ4v) is 2.93. The number of nitrogens with zero attached hydrogens (tertiary/aromatic N) is 2. The highest BCUT2D eigenvalue weighted by atomic mass is 79.9. The van der Waals surface area contributed by atoms with Gasteiger partial charge in [0.05, 0.1) is 18.8 Å². The Bertz CT molecular complexity index is 440. The molecule has 0 aliphatic carbocycles. The Kier molecular flexibility index (Phi) is 2.88. The lowest BCUT2D eigenvalue weighted by Gasteiger charge is -2.17. The van der Waals surface area contributed by atoms with Gasteiger partial charge in [0.1, 0.15) is 0 Å². The van der Waals surface area contributed by atoms with E-state index in [1.807, 2.05) is 11.0 Å². The number of fused-ring (bicyclic) bond motifs is 1. The van der Waals surface area contributed by atoms with Crippen LogP contribution in [0.2, 0.25) is 0 Å². The van der Waals surface area contributed by atoms with Crippen molar-refractivity contribution in [3.05, 3.63) is 28.5 Å². The summed E-state index contributed by atoms with van der Waals surface area (Å²) in [7, 11) is 0. The van der Waals surface area contributed by atoms with Crippen LogP contribution in [-0.2, 0) is 4.74 Å². The molecule has 4 nitrogen and oxygen atoms in total. The second-order valence-electron chi connectivity index (χ2n) is 4.66. The summed E-state index contributed by atoms with van der Waals surface area (Å²) in [4.78, 5) is 18.2. The zero-order chi connectivity index (χ0) is 11.8. The fourth-order valence-electron chi connectivity index (χ4n) is 2.56. The van der Waals surface area contributed by atoms with Gasteiger partial charge in [0.2, 0.25) is 0 Å². The number of halogens is 1. The molecule has 0 radical (unpaired) electrons. The number of amides is 1. The van der Waals surface area contributed by atoms with Gasteiger partial charge in [-0.15, -0.1) is 0 Å². The van der Waals surface area contributed by atoms with Crippen LogP contribution >= 0.6 is 15.9 Å². The lowest BCUT2D eigenvalue weighted by atomic mass is 10.0. The minimum Gasteiger partial charge on any atom is -0.381 e. The van der Waals surface area contributed by atoms with Crippen LogP contribution in [0.25, 0.3) is 0 Å². The summed E-state index contributed by atoms with van der Waals surface area (Å²) in [5, 5.41) is 0. The van der Waals surface area contributed by atoms with Crippen LogP contribution in [0.5, 0.6) is 0 Å². The quantitative estimate of drug-likeness (QED) is 0.790. The second kappa shape index (κ2) is 4.38. The Morgan fingerprint density at radius 1 is 1.35 bits per heavy atom. The van der Waals surface area contributed by atoms with Crippen molar-refractivity contribution < 1.29 is 9.53 Å². The average Bonchev–Trinajstić information content (AvgIpc) is 2.88. The SMILES string of the molecule is O=C(c1cncc(Br)c1)N1CC2COCC2C1. The van der Waals surface area contributed by atoms with E-state index in [0.29, 0.717) is 17.4 Å². The molecule has 2 aliphatic heterocycles. The highest BCUT2D eigenvalue weighted by Gasteiger charge is 2.39. The van der Waals surface area contributed by atoms with Crippen molar-refractivity contribution in [2.45, 2.75) is 0 Å². The Hall–Kier alpha value is -0.940. The molecule has 3 heterocycles. The van der Waals surface area contributed by atoms with Gasteiger partial charge < -0.3 is 9.64 Å². The van der Waals surface area contributed by atoms with E-state index < -0.39 is 0 Å². The Morgan fingerprint density at radius 3 is 2.71 bits per heavy atom. The van der Waals surface area contributed by atoms with Gasteiger partial charge in [-0.3, -0.25) is 9.78 Å². The van der Waals surface area contributed by atoms with Crippen LogP contribution in [0.3, 0.4) is 0 Å². The summed E-state index contributed by atoms with van der Waals surface area (Å²) in [6, 6.07) is 1.82. The second-order valence-corrected chi connectivity index (χ2v) is 5.58. The number of hydrogen-bond donors (Lipinski definition) is 0. The lowest BCUT2D eigenvalue weighted by molar-refractivity contribution is 0.0751. The molecule has 17 heavy (non-hydrogen) atoms. The van der Waals surface area contributed by atoms with Crippen LogP contribution < -0.4 is 0 Å². The molecule has 90 valence electrons. The minimum absolute atomic E-state index is 0.0770. The number of pyridine rings is 1. The van der Waals surface area contributed by atoms with E-state index in [1.165, 1.54) is 0 Å². The predicted octanol–water partition coefficient (Wildman–Crippen LogP) is 1.56. The maximum absolute atomic E-state index is 12.3. The monoisotopic (exact) mass is 296 g/mol. The van der Waals surface area contributed by atoms with Gasteiger partial charge in [-0.2, -0.15) is 0 Å². The van der Waals surface area contributed by atoms with Crippen molar-refractivity contribution >= 4 is 21.8 Å². The van der Waals surface area contributed by atoms with Gasteiger partial charge in [0, 0.05) is 41.8 Å². The van der Waals surface area contributed by atoms with Crippen LogP contribution in [0.4, 0.5) is 0 Å². The van der Waals surface area contributed by atoms with Crippen molar-refractivity contribution in [3.8, 4) is 0 Å². The molecule has 2 unspecified atom stereocenters. The molecule has 1 amide bonds. The first-order chi connectivity index (χ1) is 8.24. The largest absolute Gasteiger partial charge is 0.381 e. The smallest absolute Gasteiger partial charge is 0.255 e. The molecule has 0 N–H and O–H groups in total. The molecule has 0 aromatic carbocycles. The van der Waals surface area contributed by atoms with E-state index in [2.05, 4.69) is 20.9 Å². The number of carbonyl (C=O) groups excluding carboxylic acids is 1. The number of ether oxygens (including phenoxy) is 1. The summed E-state index contributed by atoms with van der Waals surface area (Å²) in [5.41, 5.74) is 0.653. The molecule has 2 saturated heterocycles. The van der Waals surface area contributed by atoms with Gasteiger partial charge >= 0.3 is 0 Å². The molecule has 0 spiro atoms. The molecule has 1 aromatic heterocycles. The van der Waals surface area contributed by atoms with Crippen molar-refractivity contribution in [1.82, 2.24) is 9.88 Å². The van der Waals surface area contributed by atoms with Crippen LogP contribution in [0, 0.1) is 11.8 Å². The summed E-state index contributed by atoms with van der Waals surface area (Å²) in [6.07, 6.45) is 3.31. The first-order valence-corrected chi connectivity index (χ1v) is 6.51. The van der Waals surface area contributed by atoms with Gasteiger partial charge in [-0.25, -0.2) is 0 Å². The number of rotatable bonds is 1. The van der Waals surface area contributed by atoms with Crippen molar-refractivity contribution in [2.75, 3.05) is 26.3 Å². The molecule has 5 heteroatoms. The third kappa shape index (κ3) is 2.09. The number of likely N-dealkylation sites (tertiary alicyclic amines) is 1. The van der Waals surface area contributed by atoms with E-state index in [0.717, 1.165) is 30.8 Å². The summed E-state index contributed by atoms with van der Waals surface area (Å²) in [6.45, 7) is 3.22. The Morgan fingerprint density at radius 2 is 2.06 bits per heavy atom. The summed E-state index contributed by atoms with van der Waals surface area (Å²) < 4.78 is 6.25. The van der Waals surface area contributed by atoms with E-state index in [9.17, 15) is 4.79 Å². The van der Waals surface area contributed by atoms with Crippen molar-refractivity contribution in [1.29, 1.82) is 0 Å². The first kappa shape index (κ1) is 11.2. The predicted molar refractivity (Wildman–Crippen MR) is 65.6 cm³/mol. The Labute approximate surface area is 108 Å². The lowest BCUT2D eigenvalue weighted by Crippen LogP contribution is -2.30. The molecular weight excluding hydrogens is 284 g/mol. The summed E-state index contributed by atoms with van der Waals surface area (Å²) in [5.74, 6) is 1.13. The first-order valence-electron chi connectivity index (χ1n) is 5.71. The molecule has 3 rings (SSSR count). The zero-order valence-corrected chi connectivity index (χ0v) is 10.9. The molecule has 0 saturated carbocycles. The van der Waals surface area contributed by atoms with Crippen molar-refractivity contribution in [3.63, 3.8) is 0 Å². The van der Waals surface area contributed by atoms with E-state index >= 15 is 0 Å². The third-order valence-corrected chi connectivity index (χ3v) is 3.91. The number of aromatic nitrogens is 1. The van der Waals surface area contributed by atoms with E-state index in [-0.39, 0.29) is 5.91 Å². The summed E-state index contributed by atoms with van der Waals surface area (Å²) >= 11 is 3.33. The third-order valence-electron chi connectivity index (χ3n) is 3.48. The van der Waals surface area contributed by atoms with E-state index in [1.54, 1.807) is 12.4 Å². The van der Waals surface area contributed by atoms with Gasteiger partial charge in [-0.05, 0) is 22.0 Å². The minimum atomic E-state index is 0.0770. The highest BCUT2D eigenvalue weighted by molar-refractivity contribution is 9.10. The standard InChI is InChI=1S/C12H13BrN2O2/c13-11-1-8(2-14-3-11)12(16)15-4-9-6-17-7-10(9)5-15/h1-3,9-10H,4-7H2. The fraction of sp³-hybridized carbons (Fsp3) is 0.500. The zero-order valence-electron chi connectivity index (χ0n) is 9.30. The number of hydrogen-bond acceptors (Lipinski definition) is 3. The highest BCUT2D eigenvalue weighted by Crippen LogP contribution is 2.30. The van der Waals surface area contributed by atoms with Crippen LogP contribution in [-0.4, -0.2) is 42.1 Å². The Balaban J connectivity index is 1.75. The normalized spacial score (nSPS) is 27.2. The molecule has 2 fully saturated rings. The molecule has 1 aromatic rings. The van der Waals surface area contributed by atoms with Gasteiger partial charge in [0.25, 0.3) is 5.91 Å². The van der Waals surface area contributed by atoms with Crippen molar-refractivity contribution in [2.24, 2.45) is 11.8 Å². The molecule has 0 bridgehead atoms. The van der Waals surface area contributed by atoms with E-state index in [4.69, 9.17) is 4.74 Å². The number of carbonyl (C=O) groups is 1. The van der Waals surface area contributed by atoms with Gasteiger partial charge in [-0.1, -0.05) is 0 Å². The van der Waals surface area contributed by atoms with Crippen LogP contribution in [0.1, 0.15) is 10.4 Å².